The molecule has 2 heterocycles. The molecule has 0 radical (unpaired) electrons. The number of hydrogen-bond acceptors (Lipinski definition) is 5. The molecule has 2 unspecified atom stereocenters. The number of amides is 2. The van der Waals surface area contributed by atoms with E-state index in [-0.39, 0.29) is 30.2 Å². The summed E-state index contributed by atoms with van der Waals surface area (Å²) in [4.78, 5) is 26.6. The van der Waals surface area contributed by atoms with Crippen LogP contribution in [0.2, 0.25) is 0 Å². The fraction of sp³-hybridized carbons (Fsp3) is 0.400. The summed E-state index contributed by atoms with van der Waals surface area (Å²) in [7, 11) is 3.18. The number of nitrogens with zero attached hydrogens (tertiary/aromatic N) is 1. The highest BCUT2D eigenvalue weighted by molar-refractivity contribution is 5.89. The zero-order valence-electron chi connectivity index (χ0n) is 15.7. The Balaban J connectivity index is 1.64. The van der Waals surface area contributed by atoms with Crippen molar-refractivity contribution < 1.29 is 23.5 Å². The lowest BCUT2D eigenvalue weighted by Gasteiger charge is -2.20. The van der Waals surface area contributed by atoms with E-state index in [2.05, 4.69) is 5.32 Å². The molecule has 1 fully saturated rings. The molecule has 1 aromatic carbocycles. The summed E-state index contributed by atoms with van der Waals surface area (Å²) in [6.45, 7) is 2.65. The highest BCUT2D eigenvalue weighted by atomic mass is 16.5. The van der Waals surface area contributed by atoms with Crippen LogP contribution in [0.3, 0.4) is 0 Å². The zero-order valence-corrected chi connectivity index (χ0v) is 15.7. The number of furan rings is 1. The quantitative estimate of drug-likeness (QED) is 0.808. The Hall–Kier alpha value is -2.96. The van der Waals surface area contributed by atoms with Crippen molar-refractivity contribution in [2.24, 2.45) is 5.92 Å². The molecule has 144 valence electrons. The Morgan fingerprint density at radius 3 is 2.81 bits per heavy atom. The molecule has 0 bridgehead atoms. The maximum absolute atomic E-state index is 12.7. The predicted molar refractivity (Wildman–Crippen MR) is 98.3 cm³/mol. The molecule has 1 aliphatic heterocycles. The van der Waals surface area contributed by atoms with Crippen molar-refractivity contribution in [2.75, 3.05) is 20.8 Å². The smallest absolute Gasteiger partial charge is 0.225 e. The van der Waals surface area contributed by atoms with Gasteiger partial charge in [-0.2, -0.15) is 0 Å². The number of likely N-dealkylation sites (tertiary alicyclic amines) is 1. The minimum Gasteiger partial charge on any atom is -0.497 e. The zero-order chi connectivity index (χ0) is 19.4. The van der Waals surface area contributed by atoms with Gasteiger partial charge in [-0.15, -0.1) is 0 Å². The normalized spacial score (nSPS) is 17.7. The third-order valence-electron chi connectivity index (χ3n) is 4.77. The van der Waals surface area contributed by atoms with Gasteiger partial charge in [0, 0.05) is 18.5 Å². The van der Waals surface area contributed by atoms with Gasteiger partial charge in [-0.3, -0.25) is 9.59 Å². The lowest BCUT2D eigenvalue weighted by molar-refractivity contribution is -0.129. The van der Waals surface area contributed by atoms with E-state index in [9.17, 15) is 9.59 Å². The largest absolute Gasteiger partial charge is 0.497 e. The molecular weight excluding hydrogens is 348 g/mol. The number of hydrogen-bond donors (Lipinski definition) is 1. The van der Waals surface area contributed by atoms with E-state index in [1.165, 1.54) is 0 Å². The molecule has 1 saturated heterocycles. The van der Waals surface area contributed by atoms with Crippen molar-refractivity contribution in [3.05, 3.63) is 47.9 Å². The highest BCUT2D eigenvalue weighted by Gasteiger charge is 2.35. The van der Waals surface area contributed by atoms with Crippen molar-refractivity contribution in [3.8, 4) is 11.5 Å². The third kappa shape index (κ3) is 4.24. The SMILES string of the molecule is COc1ccc(OC)c(C(C)NC(=O)C2CC(=O)N(Cc3ccco3)C2)c1. The van der Waals surface area contributed by atoms with Crippen molar-refractivity contribution in [3.63, 3.8) is 0 Å². The van der Waals surface area contributed by atoms with Crippen LogP contribution in [0.1, 0.15) is 30.7 Å². The molecule has 2 amide bonds. The lowest BCUT2D eigenvalue weighted by Crippen LogP contribution is -2.34. The lowest BCUT2D eigenvalue weighted by atomic mass is 10.0. The standard InChI is InChI=1S/C20H24N2O5/c1-13(17-10-15(25-2)6-7-18(17)26-3)21-20(24)14-9-19(23)22(11-14)12-16-5-4-8-27-16/h4-8,10,13-14H,9,11-12H2,1-3H3,(H,21,24). The van der Waals surface area contributed by atoms with Crippen molar-refractivity contribution in [1.82, 2.24) is 10.2 Å². The number of nitrogens with one attached hydrogen (secondary N) is 1. The molecule has 1 N–H and O–H groups in total. The molecule has 2 aromatic rings. The average Bonchev–Trinajstić information content (AvgIpc) is 3.31. The van der Waals surface area contributed by atoms with Crippen molar-refractivity contribution in [1.29, 1.82) is 0 Å². The summed E-state index contributed by atoms with van der Waals surface area (Å²) in [6, 6.07) is 8.77. The van der Waals surface area contributed by atoms with Gasteiger partial charge < -0.3 is 24.1 Å². The van der Waals surface area contributed by atoms with Crippen molar-refractivity contribution >= 4 is 11.8 Å². The average molecular weight is 372 g/mol. The molecular formula is C20H24N2O5. The maximum atomic E-state index is 12.7. The first-order chi connectivity index (χ1) is 13.0. The van der Waals surface area contributed by atoms with Crippen molar-refractivity contribution in [2.45, 2.75) is 25.9 Å². The minimum atomic E-state index is -0.383. The van der Waals surface area contributed by atoms with Crippen LogP contribution in [-0.4, -0.2) is 37.5 Å². The molecule has 3 rings (SSSR count). The fourth-order valence-corrected chi connectivity index (χ4v) is 3.28. The van der Waals surface area contributed by atoms with Gasteiger partial charge in [0.1, 0.15) is 17.3 Å². The second kappa shape index (κ2) is 8.16. The van der Waals surface area contributed by atoms with E-state index in [1.807, 2.05) is 19.1 Å². The first-order valence-corrected chi connectivity index (χ1v) is 8.84. The Labute approximate surface area is 158 Å². The Bertz CT molecular complexity index is 803. The molecule has 7 heteroatoms. The van der Waals surface area contributed by atoms with E-state index in [0.29, 0.717) is 30.3 Å². The second-order valence-corrected chi connectivity index (χ2v) is 6.59. The van der Waals surface area contributed by atoms with Crippen LogP contribution in [0.5, 0.6) is 11.5 Å². The number of methoxy groups -OCH3 is 2. The van der Waals surface area contributed by atoms with Crippen LogP contribution in [0.4, 0.5) is 0 Å². The van der Waals surface area contributed by atoms with Gasteiger partial charge in [0.05, 0.1) is 39.0 Å². The Kier molecular flexibility index (Phi) is 5.69. The molecule has 0 aliphatic carbocycles. The van der Waals surface area contributed by atoms with Gasteiger partial charge >= 0.3 is 0 Å². The van der Waals surface area contributed by atoms with E-state index in [0.717, 1.165) is 5.56 Å². The summed E-state index contributed by atoms with van der Waals surface area (Å²) in [5, 5.41) is 2.99. The Morgan fingerprint density at radius 1 is 1.33 bits per heavy atom. The summed E-state index contributed by atoms with van der Waals surface area (Å²) in [5.41, 5.74) is 0.821. The Morgan fingerprint density at radius 2 is 2.15 bits per heavy atom. The number of carbonyl (C=O) groups excluding carboxylic acids is 2. The molecule has 1 aliphatic rings. The van der Waals surface area contributed by atoms with Crippen LogP contribution in [0, 0.1) is 5.92 Å². The first-order valence-electron chi connectivity index (χ1n) is 8.84. The van der Waals surface area contributed by atoms with E-state index < -0.39 is 0 Å². The van der Waals surface area contributed by atoms with Gasteiger partial charge in [-0.25, -0.2) is 0 Å². The molecule has 0 spiro atoms. The number of ether oxygens (including phenoxy) is 2. The van der Waals surface area contributed by atoms with Gasteiger partial charge in [-0.05, 0) is 37.3 Å². The van der Waals surface area contributed by atoms with Gasteiger partial charge in [0.25, 0.3) is 0 Å². The van der Waals surface area contributed by atoms with Crippen LogP contribution in [-0.2, 0) is 16.1 Å². The van der Waals surface area contributed by atoms with Crippen LogP contribution in [0.25, 0.3) is 0 Å². The summed E-state index contributed by atoms with van der Waals surface area (Å²) < 4.78 is 15.9. The topological polar surface area (TPSA) is 81.0 Å². The molecule has 0 saturated carbocycles. The number of rotatable bonds is 7. The van der Waals surface area contributed by atoms with Crippen LogP contribution >= 0.6 is 0 Å². The summed E-state index contributed by atoms with van der Waals surface area (Å²) in [5.74, 6) is 1.49. The molecule has 2 atom stereocenters. The number of benzene rings is 1. The van der Waals surface area contributed by atoms with Gasteiger partial charge in [0.15, 0.2) is 0 Å². The maximum Gasteiger partial charge on any atom is 0.225 e. The number of carbonyl (C=O) groups is 2. The summed E-state index contributed by atoms with van der Waals surface area (Å²) >= 11 is 0. The van der Waals surface area contributed by atoms with Gasteiger partial charge in [0.2, 0.25) is 11.8 Å². The second-order valence-electron chi connectivity index (χ2n) is 6.59. The molecule has 1 aromatic heterocycles. The third-order valence-corrected chi connectivity index (χ3v) is 4.77. The fourth-order valence-electron chi connectivity index (χ4n) is 3.28. The highest BCUT2D eigenvalue weighted by Crippen LogP contribution is 2.30. The van der Waals surface area contributed by atoms with Gasteiger partial charge in [-0.1, -0.05) is 0 Å². The van der Waals surface area contributed by atoms with E-state index >= 15 is 0 Å². The molecule has 7 nitrogen and oxygen atoms in total. The minimum absolute atomic E-state index is 0.0434. The predicted octanol–water partition coefficient (Wildman–Crippen LogP) is 2.52. The van der Waals surface area contributed by atoms with E-state index in [1.54, 1.807) is 43.6 Å². The monoisotopic (exact) mass is 372 g/mol. The summed E-state index contributed by atoms with van der Waals surface area (Å²) in [6.07, 6.45) is 1.78. The van der Waals surface area contributed by atoms with E-state index in [4.69, 9.17) is 13.9 Å². The van der Waals surface area contributed by atoms with Crippen LogP contribution in [0.15, 0.2) is 41.0 Å². The van der Waals surface area contributed by atoms with Crippen LogP contribution < -0.4 is 14.8 Å². The first kappa shape index (κ1) is 18.8. The molecule has 27 heavy (non-hydrogen) atoms.